The van der Waals surface area contributed by atoms with Crippen molar-refractivity contribution in [2.24, 2.45) is 0 Å². The van der Waals surface area contributed by atoms with Gasteiger partial charge >= 0.3 is 0 Å². The molecule has 0 unspecified atom stereocenters. The lowest BCUT2D eigenvalue weighted by Gasteiger charge is -2.34. The molecule has 4 aromatic rings. The maximum Gasteiger partial charge on any atom is 0.264 e. The highest BCUT2D eigenvalue weighted by atomic mass is 79.9. The number of carbonyl (C=O) groups excluding carboxylic acids is 2. The molecule has 0 aliphatic rings. The van der Waals surface area contributed by atoms with Crippen LogP contribution in [-0.4, -0.2) is 50.9 Å². The lowest BCUT2D eigenvalue weighted by molar-refractivity contribution is -0.140. The van der Waals surface area contributed by atoms with Gasteiger partial charge in [-0.05, 0) is 80.4 Å². The van der Waals surface area contributed by atoms with Gasteiger partial charge in [0, 0.05) is 24.0 Å². The predicted molar refractivity (Wildman–Crippen MR) is 181 cm³/mol. The smallest absolute Gasteiger partial charge is 0.264 e. The summed E-state index contributed by atoms with van der Waals surface area (Å²) < 4.78 is 35.8. The van der Waals surface area contributed by atoms with Crippen LogP contribution in [0.3, 0.4) is 0 Å². The van der Waals surface area contributed by atoms with Crippen molar-refractivity contribution in [2.75, 3.05) is 24.0 Å². The van der Waals surface area contributed by atoms with Gasteiger partial charge in [-0.25, -0.2) is 8.42 Å². The van der Waals surface area contributed by atoms with Gasteiger partial charge in [-0.1, -0.05) is 76.1 Å². The number of rotatable bonds is 14. The Balaban J connectivity index is 1.79. The molecule has 236 valence electrons. The van der Waals surface area contributed by atoms with Crippen molar-refractivity contribution < 1.29 is 22.7 Å². The quantitative estimate of drug-likeness (QED) is 0.172. The van der Waals surface area contributed by atoms with Gasteiger partial charge in [0.25, 0.3) is 10.0 Å². The monoisotopic (exact) mass is 691 g/mol. The van der Waals surface area contributed by atoms with Crippen molar-refractivity contribution in [3.05, 3.63) is 124 Å². The van der Waals surface area contributed by atoms with Crippen molar-refractivity contribution in [3.63, 3.8) is 0 Å². The minimum absolute atomic E-state index is 0.0536. The van der Waals surface area contributed by atoms with E-state index in [-0.39, 0.29) is 23.8 Å². The lowest BCUT2D eigenvalue weighted by atomic mass is 10.0. The number of aryl methyl sites for hydroxylation is 1. The van der Waals surface area contributed by atoms with Gasteiger partial charge in [-0.3, -0.25) is 13.9 Å². The molecule has 10 heteroatoms. The minimum atomic E-state index is -4.18. The molecule has 45 heavy (non-hydrogen) atoms. The van der Waals surface area contributed by atoms with E-state index in [1.54, 1.807) is 36.4 Å². The normalized spacial score (nSPS) is 11.8. The van der Waals surface area contributed by atoms with Crippen LogP contribution in [0.4, 0.5) is 5.69 Å². The first kappa shape index (κ1) is 33.7. The zero-order valence-corrected chi connectivity index (χ0v) is 28.1. The Bertz CT molecular complexity index is 1680. The third-order valence-corrected chi connectivity index (χ3v) is 9.47. The maximum absolute atomic E-state index is 14.5. The molecule has 0 aliphatic heterocycles. The third-order valence-electron chi connectivity index (χ3n) is 7.19. The molecule has 8 nitrogen and oxygen atoms in total. The van der Waals surface area contributed by atoms with Gasteiger partial charge in [0.15, 0.2) is 0 Å². The Morgan fingerprint density at radius 2 is 1.53 bits per heavy atom. The number of sulfonamides is 1. The summed E-state index contributed by atoms with van der Waals surface area (Å²) in [6.07, 6.45) is 0.250. The Hall–Kier alpha value is -4.15. The second kappa shape index (κ2) is 15.7. The van der Waals surface area contributed by atoms with Crippen molar-refractivity contribution in [2.45, 2.75) is 44.7 Å². The number of halogens is 1. The van der Waals surface area contributed by atoms with Crippen LogP contribution in [0.5, 0.6) is 5.75 Å². The van der Waals surface area contributed by atoms with Gasteiger partial charge in [0.2, 0.25) is 11.8 Å². The number of nitrogens with one attached hydrogen (secondary N) is 1. The molecule has 0 radical (unpaired) electrons. The first-order valence-corrected chi connectivity index (χ1v) is 17.0. The molecule has 0 aromatic heterocycles. The number of anilines is 1. The number of nitrogens with zero attached hydrogens (tertiary/aromatic N) is 2. The Kier molecular flexibility index (Phi) is 11.8. The summed E-state index contributed by atoms with van der Waals surface area (Å²) in [6.45, 7) is 5.95. The number of amides is 2. The van der Waals surface area contributed by atoms with Gasteiger partial charge in [0.1, 0.15) is 18.3 Å². The topological polar surface area (TPSA) is 96.0 Å². The average Bonchev–Trinajstić information content (AvgIpc) is 3.03. The van der Waals surface area contributed by atoms with E-state index >= 15 is 0 Å². The van der Waals surface area contributed by atoms with E-state index in [4.69, 9.17) is 4.74 Å². The number of hydrogen-bond donors (Lipinski definition) is 1. The molecule has 0 bridgehead atoms. The zero-order chi connectivity index (χ0) is 32.4. The molecule has 0 saturated heterocycles. The standard InChI is InChI=1S/C35H38BrN3O5S/c1-4-37-35(41)33(23-27-10-7-6-8-11-27)38(24-28-12-9-13-29(36)22-28)34(40)25-39(30-16-18-31(19-17-30)44-5-2)45(42,43)32-20-14-26(3)15-21-32/h6-22,33H,4-5,23-25H2,1-3H3,(H,37,41)/t33-/m1/s1. The summed E-state index contributed by atoms with van der Waals surface area (Å²) in [4.78, 5) is 29.6. The Labute approximate surface area is 274 Å². The lowest BCUT2D eigenvalue weighted by Crippen LogP contribution is -2.53. The van der Waals surface area contributed by atoms with Crippen LogP contribution < -0.4 is 14.4 Å². The third kappa shape index (κ3) is 8.95. The van der Waals surface area contributed by atoms with Gasteiger partial charge in [-0.2, -0.15) is 0 Å². The average molecular weight is 693 g/mol. The SMILES string of the molecule is CCNC(=O)[C@@H](Cc1ccccc1)N(Cc1cccc(Br)c1)C(=O)CN(c1ccc(OCC)cc1)S(=O)(=O)c1ccc(C)cc1. The molecular weight excluding hydrogens is 654 g/mol. The molecule has 0 heterocycles. The highest BCUT2D eigenvalue weighted by molar-refractivity contribution is 9.10. The number of likely N-dealkylation sites (N-methyl/N-ethyl adjacent to an activating group) is 1. The first-order valence-electron chi connectivity index (χ1n) is 14.8. The highest BCUT2D eigenvalue weighted by Crippen LogP contribution is 2.27. The summed E-state index contributed by atoms with van der Waals surface area (Å²) >= 11 is 3.50. The first-order chi connectivity index (χ1) is 21.6. The predicted octanol–water partition coefficient (Wildman–Crippen LogP) is 6.13. The van der Waals surface area contributed by atoms with E-state index in [2.05, 4.69) is 21.2 Å². The second-order valence-corrected chi connectivity index (χ2v) is 13.3. The molecule has 1 atom stereocenters. The van der Waals surface area contributed by atoms with Gasteiger partial charge in [-0.15, -0.1) is 0 Å². The van der Waals surface area contributed by atoms with Crippen LogP contribution in [-0.2, 0) is 32.6 Å². The number of benzene rings is 4. The fourth-order valence-corrected chi connectivity index (χ4v) is 6.78. The minimum Gasteiger partial charge on any atom is -0.494 e. The van der Waals surface area contributed by atoms with Crippen molar-refractivity contribution in [3.8, 4) is 5.75 Å². The van der Waals surface area contributed by atoms with E-state index < -0.39 is 28.5 Å². The van der Waals surface area contributed by atoms with E-state index in [1.165, 1.54) is 17.0 Å². The van der Waals surface area contributed by atoms with E-state index in [0.717, 1.165) is 25.5 Å². The molecular formula is C35H38BrN3O5S. The molecule has 0 fully saturated rings. The van der Waals surface area contributed by atoms with Crippen LogP contribution >= 0.6 is 15.9 Å². The van der Waals surface area contributed by atoms with Crippen LogP contribution in [0.15, 0.2) is 112 Å². The van der Waals surface area contributed by atoms with Crippen molar-refractivity contribution in [1.82, 2.24) is 10.2 Å². The summed E-state index contributed by atoms with van der Waals surface area (Å²) in [5.74, 6) is -0.263. The summed E-state index contributed by atoms with van der Waals surface area (Å²) in [6, 6.07) is 29.1. The van der Waals surface area contributed by atoms with Gasteiger partial charge in [0.05, 0.1) is 17.2 Å². The molecule has 2 amide bonds. The molecule has 0 aliphatic carbocycles. The second-order valence-electron chi connectivity index (χ2n) is 10.5. The fourth-order valence-electron chi connectivity index (χ4n) is 4.92. The fraction of sp³-hybridized carbons (Fsp3) is 0.257. The molecule has 4 rings (SSSR count). The van der Waals surface area contributed by atoms with Crippen LogP contribution in [0, 0.1) is 6.92 Å². The Morgan fingerprint density at radius 3 is 2.16 bits per heavy atom. The zero-order valence-electron chi connectivity index (χ0n) is 25.6. The van der Waals surface area contributed by atoms with Crippen molar-refractivity contribution >= 4 is 43.5 Å². The van der Waals surface area contributed by atoms with Crippen molar-refractivity contribution in [1.29, 1.82) is 0 Å². The number of ether oxygens (including phenoxy) is 1. The van der Waals surface area contributed by atoms with Gasteiger partial charge < -0.3 is 15.0 Å². The summed E-state index contributed by atoms with van der Waals surface area (Å²) in [5.41, 5.74) is 2.86. The number of carbonyl (C=O) groups is 2. The van der Waals surface area contributed by atoms with E-state index in [0.29, 0.717) is 24.6 Å². The van der Waals surface area contributed by atoms with E-state index in [1.807, 2.05) is 75.4 Å². The number of hydrogen-bond acceptors (Lipinski definition) is 5. The van der Waals surface area contributed by atoms with Crippen LogP contribution in [0.1, 0.15) is 30.5 Å². The highest BCUT2D eigenvalue weighted by Gasteiger charge is 2.34. The molecule has 4 aromatic carbocycles. The molecule has 1 N–H and O–H groups in total. The summed E-state index contributed by atoms with van der Waals surface area (Å²) in [7, 11) is -4.18. The summed E-state index contributed by atoms with van der Waals surface area (Å²) in [5, 5.41) is 2.88. The molecule has 0 saturated carbocycles. The largest absolute Gasteiger partial charge is 0.494 e. The van der Waals surface area contributed by atoms with E-state index in [9.17, 15) is 18.0 Å². The van der Waals surface area contributed by atoms with Crippen LogP contribution in [0.25, 0.3) is 0 Å². The maximum atomic E-state index is 14.5. The molecule has 0 spiro atoms. The van der Waals surface area contributed by atoms with Crippen LogP contribution in [0.2, 0.25) is 0 Å². The Morgan fingerprint density at radius 1 is 0.867 bits per heavy atom.